The molecule has 0 atom stereocenters. The lowest BCUT2D eigenvalue weighted by molar-refractivity contribution is 0.636. The van der Waals surface area contributed by atoms with Gasteiger partial charge >= 0.3 is 0 Å². The fourth-order valence-corrected chi connectivity index (χ4v) is 2.62. The number of rotatable bonds is 5. The van der Waals surface area contributed by atoms with Crippen LogP contribution in [0, 0.1) is 0 Å². The quantitative estimate of drug-likeness (QED) is 0.675. The predicted molar refractivity (Wildman–Crippen MR) is 86.9 cm³/mol. The van der Waals surface area contributed by atoms with Gasteiger partial charge in [0.25, 0.3) is 0 Å². The average molecular weight is 301 g/mol. The lowest BCUT2D eigenvalue weighted by Gasteiger charge is -2.19. The van der Waals surface area contributed by atoms with Gasteiger partial charge in [-0.05, 0) is 17.9 Å². The molecule has 0 saturated heterocycles. The van der Waals surface area contributed by atoms with Gasteiger partial charge in [0.1, 0.15) is 11.0 Å². The second kappa shape index (κ2) is 6.14. The van der Waals surface area contributed by atoms with E-state index in [0.717, 1.165) is 36.1 Å². The van der Waals surface area contributed by atoms with Gasteiger partial charge in [-0.15, -0.1) is 0 Å². The SMILES string of the molecule is CN(CCCn1ccnc1)c1cc2ccccc2c(Cl)n1. The zero-order valence-corrected chi connectivity index (χ0v) is 12.7. The highest BCUT2D eigenvalue weighted by atomic mass is 35.5. The third-order valence-corrected chi connectivity index (χ3v) is 3.83. The van der Waals surface area contributed by atoms with Gasteiger partial charge < -0.3 is 9.47 Å². The van der Waals surface area contributed by atoms with E-state index in [0.29, 0.717) is 5.15 Å². The number of anilines is 1. The molecular formula is C16H17ClN4. The first kappa shape index (κ1) is 13.9. The maximum Gasteiger partial charge on any atom is 0.139 e. The molecule has 0 aliphatic heterocycles. The molecule has 2 aromatic heterocycles. The average Bonchev–Trinajstić information content (AvgIpc) is 3.00. The Bertz CT molecular complexity index is 724. The number of pyridine rings is 1. The van der Waals surface area contributed by atoms with Crippen molar-refractivity contribution in [2.24, 2.45) is 0 Å². The van der Waals surface area contributed by atoms with E-state index in [1.54, 1.807) is 6.20 Å². The predicted octanol–water partition coefficient (Wildman–Crippen LogP) is 3.61. The van der Waals surface area contributed by atoms with Gasteiger partial charge in [-0.2, -0.15) is 0 Å². The molecule has 5 heteroatoms. The smallest absolute Gasteiger partial charge is 0.139 e. The zero-order chi connectivity index (χ0) is 14.7. The van der Waals surface area contributed by atoms with E-state index < -0.39 is 0 Å². The van der Waals surface area contributed by atoms with Gasteiger partial charge in [0.15, 0.2) is 0 Å². The lowest BCUT2D eigenvalue weighted by Crippen LogP contribution is -2.20. The summed E-state index contributed by atoms with van der Waals surface area (Å²) in [5.41, 5.74) is 0. The normalized spacial score (nSPS) is 11.0. The van der Waals surface area contributed by atoms with Crippen molar-refractivity contribution in [3.8, 4) is 0 Å². The molecule has 0 N–H and O–H groups in total. The molecule has 0 bridgehead atoms. The van der Waals surface area contributed by atoms with Gasteiger partial charge in [0.2, 0.25) is 0 Å². The minimum Gasteiger partial charge on any atom is -0.360 e. The van der Waals surface area contributed by atoms with E-state index in [1.165, 1.54) is 0 Å². The minimum absolute atomic E-state index is 0.560. The van der Waals surface area contributed by atoms with Gasteiger partial charge in [-0.3, -0.25) is 0 Å². The molecule has 2 heterocycles. The number of hydrogen-bond acceptors (Lipinski definition) is 3. The van der Waals surface area contributed by atoms with Crippen molar-refractivity contribution in [1.82, 2.24) is 14.5 Å². The topological polar surface area (TPSA) is 34.0 Å². The number of imidazole rings is 1. The van der Waals surface area contributed by atoms with Crippen molar-refractivity contribution in [2.45, 2.75) is 13.0 Å². The van der Waals surface area contributed by atoms with Crippen LogP contribution in [0.5, 0.6) is 0 Å². The summed E-state index contributed by atoms with van der Waals surface area (Å²) in [5.74, 6) is 0.907. The van der Waals surface area contributed by atoms with Crippen LogP contribution < -0.4 is 4.90 Å². The summed E-state index contributed by atoms with van der Waals surface area (Å²) >= 11 is 6.27. The number of nitrogens with zero attached hydrogens (tertiary/aromatic N) is 4. The number of hydrogen-bond donors (Lipinski definition) is 0. The van der Waals surface area contributed by atoms with Crippen molar-refractivity contribution >= 4 is 28.2 Å². The first-order valence-electron chi connectivity index (χ1n) is 6.96. The van der Waals surface area contributed by atoms with Crippen LogP contribution in [0.2, 0.25) is 5.15 Å². The van der Waals surface area contributed by atoms with E-state index in [1.807, 2.05) is 37.8 Å². The van der Waals surface area contributed by atoms with Crippen molar-refractivity contribution in [2.75, 3.05) is 18.5 Å². The third-order valence-electron chi connectivity index (χ3n) is 3.54. The van der Waals surface area contributed by atoms with E-state index in [4.69, 9.17) is 11.6 Å². The number of aryl methyl sites for hydroxylation is 1. The van der Waals surface area contributed by atoms with Crippen LogP contribution in [-0.2, 0) is 6.54 Å². The molecule has 21 heavy (non-hydrogen) atoms. The second-order valence-corrected chi connectivity index (χ2v) is 5.43. The summed E-state index contributed by atoms with van der Waals surface area (Å²) in [6.07, 6.45) is 6.64. The number of fused-ring (bicyclic) bond motifs is 1. The van der Waals surface area contributed by atoms with Crippen LogP contribution >= 0.6 is 11.6 Å². The van der Waals surface area contributed by atoms with Crippen LogP contribution in [0.25, 0.3) is 10.8 Å². The van der Waals surface area contributed by atoms with Crippen molar-refractivity contribution in [1.29, 1.82) is 0 Å². The highest BCUT2D eigenvalue weighted by Gasteiger charge is 2.07. The van der Waals surface area contributed by atoms with Crippen LogP contribution in [0.3, 0.4) is 0 Å². The van der Waals surface area contributed by atoms with Crippen molar-refractivity contribution in [3.63, 3.8) is 0 Å². The summed E-state index contributed by atoms with van der Waals surface area (Å²) in [5, 5.41) is 2.67. The Balaban J connectivity index is 1.70. The monoisotopic (exact) mass is 300 g/mol. The summed E-state index contributed by atoms with van der Waals surface area (Å²) in [6.45, 7) is 1.87. The Morgan fingerprint density at radius 2 is 2.14 bits per heavy atom. The van der Waals surface area contributed by atoms with Crippen LogP contribution in [-0.4, -0.2) is 28.1 Å². The first-order valence-corrected chi connectivity index (χ1v) is 7.34. The molecule has 0 fully saturated rings. The number of benzene rings is 1. The van der Waals surface area contributed by atoms with Gasteiger partial charge in [-0.1, -0.05) is 35.9 Å². The molecule has 0 radical (unpaired) electrons. The molecule has 3 aromatic rings. The van der Waals surface area contributed by atoms with Crippen molar-refractivity contribution < 1.29 is 0 Å². The molecule has 0 spiro atoms. The van der Waals surface area contributed by atoms with E-state index in [-0.39, 0.29) is 0 Å². The van der Waals surface area contributed by atoms with Gasteiger partial charge in [-0.25, -0.2) is 9.97 Å². The van der Waals surface area contributed by atoms with E-state index >= 15 is 0 Å². The highest BCUT2D eigenvalue weighted by molar-refractivity contribution is 6.34. The Morgan fingerprint density at radius 3 is 2.95 bits per heavy atom. The number of aromatic nitrogens is 3. The Hall–Kier alpha value is -2.07. The minimum atomic E-state index is 0.560. The molecule has 0 amide bonds. The summed E-state index contributed by atoms with van der Waals surface area (Å²) in [7, 11) is 2.04. The lowest BCUT2D eigenvalue weighted by atomic mass is 10.2. The molecule has 4 nitrogen and oxygen atoms in total. The van der Waals surface area contributed by atoms with E-state index in [9.17, 15) is 0 Å². The molecule has 0 aliphatic rings. The van der Waals surface area contributed by atoms with Crippen LogP contribution in [0.4, 0.5) is 5.82 Å². The van der Waals surface area contributed by atoms with Crippen LogP contribution in [0.1, 0.15) is 6.42 Å². The summed E-state index contributed by atoms with van der Waals surface area (Å²) < 4.78 is 2.08. The van der Waals surface area contributed by atoms with Gasteiger partial charge in [0.05, 0.1) is 6.33 Å². The second-order valence-electron chi connectivity index (χ2n) is 5.07. The maximum absolute atomic E-state index is 6.27. The van der Waals surface area contributed by atoms with E-state index in [2.05, 4.69) is 31.6 Å². The van der Waals surface area contributed by atoms with Crippen LogP contribution in [0.15, 0.2) is 49.1 Å². The Labute approximate surface area is 129 Å². The zero-order valence-electron chi connectivity index (χ0n) is 11.9. The largest absolute Gasteiger partial charge is 0.360 e. The summed E-state index contributed by atoms with van der Waals surface area (Å²) in [6, 6.07) is 10.1. The molecule has 0 unspecified atom stereocenters. The van der Waals surface area contributed by atoms with Gasteiger partial charge in [0, 0.05) is 37.9 Å². The fraction of sp³-hybridized carbons (Fsp3) is 0.250. The molecule has 108 valence electrons. The third kappa shape index (κ3) is 3.16. The molecular weight excluding hydrogens is 284 g/mol. The first-order chi connectivity index (χ1) is 10.2. The molecule has 0 saturated carbocycles. The molecule has 0 aliphatic carbocycles. The Kier molecular flexibility index (Phi) is 4.06. The molecule has 1 aromatic carbocycles. The Morgan fingerprint density at radius 1 is 1.29 bits per heavy atom. The highest BCUT2D eigenvalue weighted by Crippen LogP contribution is 2.25. The molecule has 3 rings (SSSR count). The fourth-order valence-electron chi connectivity index (χ4n) is 2.36. The summed E-state index contributed by atoms with van der Waals surface area (Å²) in [4.78, 5) is 10.7. The maximum atomic E-state index is 6.27. The standard InChI is InChI=1S/C16H17ClN4/c1-20(8-4-9-21-10-7-18-12-21)15-11-13-5-2-3-6-14(13)16(17)19-15/h2-3,5-7,10-12H,4,8-9H2,1H3. The number of halogens is 1. The van der Waals surface area contributed by atoms with Crippen molar-refractivity contribution in [3.05, 3.63) is 54.2 Å².